The van der Waals surface area contributed by atoms with Crippen LogP contribution in [0.3, 0.4) is 0 Å². The molecule has 2 aromatic rings. The molecule has 39 heavy (non-hydrogen) atoms. The molecule has 5 heteroatoms. The van der Waals surface area contributed by atoms with E-state index in [1.165, 1.54) is 12.8 Å². The molecule has 1 unspecified atom stereocenters. The second-order valence-electron chi connectivity index (χ2n) is 14.6. The second kappa shape index (κ2) is 9.55. The predicted molar refractivity (Wildman–Crippen MR) is 158 cm³/mol. The molecule has 0 aliphatic heterocycles. The van der Waals surface area contributed by atoms with Crippen molar-refractivity contribution in [2.75, 3.05) is 0 Å². The number of nitrogens with one attached hydrogen (secondary N) is 1. The lowest BCUT2D eigenvalue weighted by Crippen LogP contribution is -2.40. The van der Waals surface area contributed by atoms with Gasteiger partial charge in [0.25, 0.3) is 0 Å². The Morgan fingerprint density at radius 2 is 1.23 bits per heavy atom. The van der Waals surface area contributed by atoms with Crippen molar-refractivity contribution in [3.63, 3.8) is 0 Å². The minimum Gasteiger partial charge on any atom is -0.303 e. The van der Waals surface area contributed by atoms with E-state index in [1.54, 1.807) is 0 Å². The van der Waals surface area contributed by atoms with Crippen molar-refractivity contribution in [3.05, 3.63) is 71.8 Å². The van der Waals surface area contributed by atoms with Crippen LogP contribution in [0.25, 0.3) is 0 Å². The fourth-order valence-corrected chi connectivity index (χ4v) is 11.4. The maximum absolute atomic E-state index is 15.6. The zero-order valence-corrected chi connectivity index (χ0v) is 25.7. The largest absolute Gasteiger partial charge is 0.352 e. The summed E-state index contributed by atoms with van der Waals surface area (Å²) in [6.07, 6.45) is 6.51. The molecule has 4 aliphatic carbocycles. The molecule has 4 nitrogen and oxygen atoms in total. The van der Waals surface area contributed by atoms with E-state index in [9.17, 15) is 0 Å². The molecule has 6 rings (SSSR count). The van der Waals surface area contributed by atoms with Gasteiger partial charge in [-0.05, 0) is 83.1 Å². The topological polar surface area (TPSA) is 47.6 Å². The maximum Gasteiger partial charge on any atom is 0.352 e. The SMILES string of the molecule is CC1(C)[C@H]2CC[C@]1(C)[C@@H](OP(=O)(O[C@@H]1C[C@@H]3CC[C@@]1(C)C3(C)C)[C@H](NCc1ccccc1)c1ccccc1)C2. The highest BCUT2D eigenvalue weighted by Gasteiger charge is 2.66. The van der Waals surface area contributed by atoms with Crippen LogP contribution in [0.5, 0.6) is 0 Å². The third-order valence-electron chi connectivity index (χ3n) is 12.8. The molecule has 212 valence electrons. The predicted octanol–water partition coefficient (Wildman–Crippen LogP) is 9.13. The van der Waals surface area contributed by atoms with E-state index in [0.717, 1.165) is 36.8 Å². The average molecular weight is 550 g/mol. The summed E-state index contributed by atoms with van der Waals surface area (Å²) in [6.45, 7) is 14.9. The molecule has 0 saturated heterocycles. The lowest BCUT2D eigenvalue weighted by molar-refractivity contribution is -0.0174. The average Bonchev–Trinajstić information content (AvgIpc) is 3.42. The van der Waals surface area contributed by atoms with Crippen LogP contribution in [0.15, 0.2) is 60.7 Å². The van der Waals surface area contributed by atoms with Crippen molar-refractivity contribution in [2.45, 2.75) is 105 Å². The molecule has 1 N–H and O–H groups in total. The van der Waals surface area contributed by atoms with Gasteiger partial charge in [0.2, 0.25) is 0 Å². The smallest absolute Gasteiger partial charge is 0.303 e. The Hall–Kier alpha value is -1.45. The fraction of sp³-hybridized carbons (Fsp3) is 0.647. The first-order valence-corrected chi connectivity index (χ1v) is 16.8. The van der Waals surface area contributed by atoms with E-state index in [1.807, 2.05) is 24.3 Å². The fourth-order valence-electron chi connectivity index (χ4n) is 8.94. The van der Waals surface area contributed by atoms with Crippen molar-refractivity contribution < 1.29 is 13.6 Å². The van der Waals surface area contributed by atoms with Crippen molar-refractivity contribution in [1.82, 2.24) is 5.32 Å². The van der Waals surface area contributed by atoms with E-state index in [-0.39, 0.29) is 33.9 Å². The first-order valence-electron chi connectivity index (χ1n) is 15.2. The Morgan fingerprint density at radius 1 is 0.769 bits per heavy atom. The highest BCUT2D eigenvalue weighted by Crippen LogP contribution is 2.74. The Balaban J connectivity index is 1.38. The van der Waals surface area contributed by atoms with Gasteiger partial charge in [0.15, 0.2) is 0 Å². The van der Waals surface area contributed by atoms with Gasteiger partial charge < -0.3 is 9.05 Å². The number of hydrogen-bond donors (Lipinski definition) is 1. The van der Waals surface area contributed by atoms with E-state index < -0.39 is 13.4 Å². The van der Waals surface area contributed by atoms with Crippen LogP contribution < -0.4 is 5.32 Å². The summed E-state index contributed by atoms with van der Waals surface area (Å²) in [5.74, 6) is 0.676. The summed E-state index contributed by atoms with van der Waals surface area (Å²) < 4.78 is 29.7. The number of hydrogen-bond acceptors (Lipinski definition) is 4. The normalized spacial score (nSPS) is 38.1. The van der Waals surface area contributed by atoms with Crippen molar-refractivity contribution in [2.24, 2.45) is 33.5 Å². The molecule has 4 aliphatic rings. The monoisotopic (exact) mass is 549 g/mol. The van der Waals surface area contributed by atoms with Crippen LogP contribution in [0.2, 0.25) is 0 Å². The molecule has 0 aromatic heterocycles. The van der Waals surface area contributed by atoms with Gasteiger partial charge in [0.05, 0.1) is 12.2 Å². The van der Waals surface area contributed by atoms with Gasteiger partial charge in [-0.2, -0.15) is 0 Å². The van der Waals surface area contributed by atoms with Crippen molar-refractivity contribution in [1.29, 1.82) is 0 Å². The molecule has 4 saturated carbocycles. The highest BCUT2D eigenvalue weighted by molar-refractivity contribution is 7.54. The Bertz CT molecular complexity index is 1180. The zero-order chi connectivity index (χ0) is 27.7. The van der Waals surface area contributed by atoms with Crippen LogP contribution >= 0.6 is 7.60 Å². The van der Waals surface area contributed by atoms with E-state index >= 15 is 4.57 Å². The molecule has 8 atom stereocenters. The highest BCUT2D eigenvalue weighted by atomic mass is 31.2. The third kappa shape index (κ3) is 4.23. The first-order chi connectivity index (χ1) is 18.4. The van der Waals surface area contributed by atoms with Crippen LogP contribution in [0.4, 0.5) is 0 Å². The minimum absolute atomic E-state index is 0.00475. The van der Waals surface area contributed by atoms with Gasteiger partial charge in [-0.15, -0.1) is 0 Å². The summed E-state index contributed by atoms with van der Waals surface area (Å²) >= 11 is 0. The molecule has 2 aromatic carbocycles. The molecular weight excluding hydrogens is 501 g/mol. The summed E-state index contributed by atoms with van der Waals surface area (Å²) in [5.41, 5.74) is 2.46. The van der Waals surface area contributed by atoms with Gasteiger partial charge in [0, 0.05) is 6.54 Å². The number of benzene rings is 2. The first kappa shape index (κ1) is 27.7. The quantitative estimate of drug-likeness (QED) is 0.317. The number of fused-ring (bicyclic) bond motifs is 4. The van der Waals surface area contributed by atoms with Crippen molar-refractivity contribution in [3.8, 4) is 0 Å². The lowest BCUT2D eigenvalue weighted by atomic mass is 9.70. The summed E-state index contributed by atoms with van der Waals surface area (Å²) in [5, 5.41) is 3.68. The molecular formula is C34H48NO3P. The van der Waals surface area contributed by atoms with Crippen LogP contribution in [0, 0.1) is 33.5 Å². The van der Waals surface area contributed by atoms with Gasteiger partial charge in [0.1, 0.15) is 5.78 Å². The van der Waals surface area contributed by atoms with E-state index in [0.29, 0.717) is 18.4 Å². The minimum atomic E-state index is -3.66. The summed E-state index contributed by atoms with van der Waals surface area (Å²) in [7, 11) is -3.66. The molecule has 0 spiro atoms. The molecule has 0 heterocycles. The van der Waals surface area contributed by atoms with Gasteiger partial charge in [-0.1, -0.05) is 102 Å². The summed E-state index contributed by atoms with van der Waals surface area (Å²) in [6, 6.07) is 20.6. The Labute approximate surface area is 236 Å². The maximum atomic E-state index is 15.6. The van der Waals surface area contributed by atoms with Gasteiger partial charge in [-0.3, -0.25) is 9.88 Å². The Morgan fingerprint density at radius 3 is 1.64 bits per heavy atom. The lowest BCUT2D eigenvalue weighted by Gasteiger charge is -2.44. The second-order valence-corrected chi connectivity index (χ2v) is 16.6. The van der Waals surface area contributed by atoms with Crippen molar-refractivity contribution >= 4 is 7.60 Å². The van der Waals surface area contributed by atoms with Crippen LogP contribution in [-0.4, -0.2) is 12.2 Å². The molecule has 4 bridgehead atoms. The third-order valence-corrected chi connectivity index (χ3v) is 15.0. The summed E-state index contributed by atoms with van der Waals surface area (Å²) in [4.78, 5) is 0. The van der Waals surface area contributed by atoms with E-state index in [2.05, 4.69) is 83.3 Å². The Kier molecular flexibility index (Phi) is 6.78. The van der Waals surface area contributed by atoms with Gasteiger partial charge >= 0.3 is 7.60 Å². The van der Waals surface area contributed by atoms with Crippen LogP contribution in [0.1, 0.15) is 97.0 Å². The molecule has 0 radical (unpaired) electrons. The zero-order valence-electron chi connectivity index (χ0n) is 24.8. The standard InChI is InChI=1S/C34H48NO3P/c1-31(2)26-17-19-33(31,5)28(21-26)37-39(36,38-29-22-27-18-20-34(29,6)32(27,3)4)30(25-15-11-8-12-16-25)35-23-24-13-9-7-10-14-24/h7-16,26-30,35H,17-23H2,1-6H3/t26-,27-,28-,29+,30-,33+,34+,39?/m0/s1. The van der Waals surface area contributed by atoms with E-state index in [4.69, 9.17) is 9.05 Å². The van der Waals surface area contributed by atoms with Gasteiger partial charge in [-0.25, -0.2) is 0 Å². The molecule has 0 amide bonds. The van der Waals surface area contributed by atoms with Crippen LogP contribution in [-0.2, 0) is 20.2 Å². The molecule has 4 fully saturated rings. The number of rotatable bonds is 9.